The number of nitrogens with zero attached hydrogens (tertiary/aromatic N) is 3. The summed E-state index contributed by atoms with van der Waals surface area (Å²) in [6.07, 6.45) is 4.68. The normalized spacial score (nSPS) is 12.9. The van der Waals surface area contributed by atoms with E-state index < -0.39 is 0 Å². The van der Waals surface area contributed by atoms with Crippen molar-refractivity contribution in [3.05, 3.63) is 31.0 Å². The number of nitrogens with one attached hydrogen (secondary N) is 1. The molecule has 2 aromatic heterocycles. The molecule has 0 aliphatic heterocycles. The molecular weight excluding hydrogens is 192 g/mol. The summed E-state index contributed by atoms with van der Waals surface area (Å²) in [6, 6.07) is 0. The maximum Gasteiger partial charge on any atom is 0.163 e. The molecule has 0 saturated carbocycles. The molecule has 0 spiro atoms. The molecule has 78 valence electrons. The van der Waals surface area contributed by atoms with Gasteiger partial charge in [-0.15, -0.1) is 6.58 Å². The van der Waals surface area contributed by atoms with Gasteiger partial charge in [-0.05, 0) is 6.92 Å². The van der Waals surface area contributed by atoms with Gasteiger partial charge in [-0.3, -0.25) is 0 Å². The van der Waals surface area contributed by atoms with E-state index >= 15 is 0 Å². The second-order valence-corrected chi connectivity index (χ2v) is 2.98. The number of aromatic nitrogens is 4. The Bertz CT molecular complexity index is 465. The summed E-state index contributed by atoms with van der Waals surface area (Å²) < 4.78 is 5.43. The van der Waals surface area contributed by atoms with Crippen molar-refractivity contribution >= 4 is 11.2 Å². The lowest BCUT2D eigenvalue weighted by Gasteiger charge is -2.09. The van der Waals surface area contributed by atoms with E-state index in [1.165, 1.54) is 0 Å². The van der Waals surface area contributed by atoms with Crippen LogP contribution < -0.4 is 0 Å². The number of fused-ring (bicyclic) bond motifs is 1. The van der Waals surface area contributed by atoms with E-state index in [0.717, 1.165) is 5.52 Å². The highest BCUT2D eigenvalue weighted by atomic mass is 16.5. The maximum absolute atomic E-state index is 5.43. The first-order valence-corrected chi connectivity index (χ1v) is 4.75. The second kappa shape index (κ2) is 4.18. The molecule has 2 heterocycles. The fourth-order valence-electron chi connectivity index (χ4n) is 1.32. The monoisotopic (exact) mass is 204 g/mol. The first-order valence-electron chi connectivity index (χ1n) is 4.75. The fraction of sp³-hybridized carbons (Fsp3) is 0.300. The van der Waals surface area contributed by atoms with Gasteiger partial charge in [-0.2, -0.15) is 0 Å². The molecule has 0 saturated heterocycles. The van der Waals surface area contributed by atoms with E-state index in [1.807, 2.05) is 6.92 Å². The Morgan fingerprint density at radius 1 is 1.60 bits per heavy atom. The zero-order valence-electron chi connectivity index (χ0n) is 8.47. The first-order chi connectivity index (χ1) is 7.35. The van der Waals surface area contributed by atoms with Crippen molar-refractivity contribution in [1.29, 1.82) is 0 Å². The van der Waals surface area contributed by atoms with Crippen LogP contribution in [-0.2, 0) is 4.74 Å². The van der Waals surface area contributed by atoms with Crippen molar-refractivity contribution in [1.82, 2.24) is 19.9 Å². The van der Waals surface area contributed by atoms with E-state index in [-0.39, 0.29) is 6.10 Å². The summed E-state index contributed by atoms with van der Waals surface area (Å²) in [5, 5.41) is 0. The molecule has 1 atom stereocenters. The van der Waals surface area contributed by atoms with Gasteiger partial charge in [0.15, 0.2) is 11.5 Å². The minimum atomic E-state index is -0.261. The molecule has 1 unspecified atom stereocenters. The van der Waals surface area contributed by atoms with Crippen LogP contribution >= 0.6 is 0 Å². The van der Waals surface area contributed by atoms with Crippen molar-refractivity contribution in [2.45, 2.75) is 13.0 Å². The number of H-pyrrole nitrogens is 1. The van der Waals surface area contributed by atoms with Gasteiger partial charge in [-0.1, -0.05) is 6.08 Å². The predicted molar refractivity (Wildman–Crippen MR) is 56.2 cm³/mol. The topological polar surface area (TPSA) is 63.7 Å². The minimum Gasteiger partial charge on any atom is -0.366 e. The largest absolute Gasteiger partial charge is 0.366 e. The van der Waals surface area contributed by atoms with Crippen LogP contribution in [0.25, 0.3) is 11.2 Å². The van der Waals surface area contributed by atoms with Crippen molar-refractivity contribution < 1.29 is 4.74 Å². The smallest absolute Gasteiger partial charge is 0.163 e. The van der Waals surface area contributed by atoms with Crippen LogP contribution in [0.4, 0.5) is 0 Å². The Kier molecular flexibility index (Phi) is 2.73. The van der Waals surface area contributed by atoms with Crippen LogP contribution in [0.5, 0.6) is 0 Å². The van der Waals surface area contributed by atoms with Crippen LogP contribution in [-0.4, -0.2) is 26.5 Å². The number of hydrogen-bond acceptors (Lipinski definition) is 4. The number of hydrogen-bond donors (Lipinski definition) is 1. The minimum absolute atomic E-state index is 0.261. The Morgan fingerprint density at radius 3 is 3.20 bits per heavy atom. The lowest BCUT2D eigenvalue weighted by Crippen LogP contribution is -2.05. The molecular formula is C10H12N4O. The van der Waals surface area contributed by atoms with Gasteiger partial charge in [-0.25, -0.2) is 15.0 Å². The number of ether oxygens (including phenoxy) is 1. The van der Waals surface area contributed by atoms with E-state index in [0.29, 0.717) is 18.1 Å². The molecule has 0 aliphatic rings. The van der Waals surface area contributed by atoms with Crippen molar-refractivity contribution in [3.63, 3.8) is 0 Å². The van der Waals surface area contributed by atoms with Gasteiger partial charge in [0.1, 0.15) is 11.6 Å². The average Bonchev–Trinajstić information content (AvgIpc) is 2.72. The third-order valence-corrected chi connectivity index (χ3v) is 2.01. The lowest BCUT2D eigenvalue weighted by molar-refractivity contribution is 0.0911. The van der Waals surface area contributed by atoms with E-state index in [4.69, 9.17) is 4.74 Å². The van der Waals surface area contributed by atoms with E-state index in [2.05, 4.69) is 26.5 Å². The molecule has 0 bridgehead atoms. The van der Waals surface area contributed by atoms with Crippen LogP contribution in [0.3, 0.4) is 0 Å². The molecule has 5 heteroatoms. The zero-order valence-corrected chi connectivity index (χ0v) is 8.47. The molecule has 2 aromatic rings. The quantitative estimate of drug-likeness (QED) is 0.768. The van der Waals surface area contributed by atoms with E-state index in [1.54, 1.807) is 18.6 Å². The lowest BCUT2D eigenvalue weighted by atomic mass is 10.3. The van der Waals surface area contributed by atoms with Crippen LogP contribution in [0.2, 0.25) is 0 Å². The highest BCUT2D eigenvalue weighted by molar-refractivity contribution is 5.68. The van der Waals surface area contributed by atoms with Gasteiger partial charge in [0.05, 0.1) is 12.5 Å². The standard InChI is InChI=1S/C10H12N4O/c1-3-8(15-4-2)10-11-5-7-9(14-10)13-6-12-7/h3,5-6,8H,1,4H2,2H3,(H,11,12,13,14). The summed E-state index contributed by atoms with van der Waals surface area (Å²) >= 11 is 0. The molecule has 15 heavy (non-hydrogen) atoms. The summed E-state index contributed by atoms with van der Waals surface area (Å²) in [6.45, 7) is 6.21. The number of rotatable bonds is 4. The molecule has 0 radical (unpaired) electrons. The summed E-state index contributed by atoms with van der Waals surface area (Å²) in [5.41, 5.74) is 1.46. The van der Waals surface area contributed by atoms with Crippen molar-refractivity contribution in [2.24, 2.45) is 0 Å². The van der Waals surface area contributed by atoms with Crippen LogP contribution in [0.15, 0.2) is 25.2 Å². The zero-order chi connectivity index (χ0) is 10.7. The third kappa shape index (κ3) is 1.87. The summed E-state index contributed by atoms with van der Waals surface area (Å²) in [5.74, 6) is 0.601. The van der Waals surface area contributed by atoms with Gasteiger partial charge in [0, 0.05) is 6.61 Å². The average molecular weight is 204 g/mol. The van der Waals surface area contributed by atoms with Gasteiger partial charge in [0.2, 0.25) is 0 Å². The van der Waals surface area contributed by atoms with E-state index in [9.17, 15) is 0 Å². The summed E-state index contributed by atoms with van der Waals surface area (Å²) in [4.78, 5) is 15.5. The van der Waals surface area contributed by atoms with Gasteiger partial charge in [0.25, 0.3) is 0 Å². The van der Waals surface area contributed by atoms with Crippen LogP contribution in [0.1, 0.15) is 18.9 Å². The molecule has 0 aliphatic carbocycles. The molecule has 2 rings (SSSR count). The molecule has 5 nitrogen and oxygen atoms in total. The Hall–Kier alpha value is -1.75. The van der Waals surface area contributed by atoms with Crippen molar-refractivity contribution in [2.75, 3.05) is 6.61 Å². The first kappa shape index (κ1) is 9.79. The SMILES string of the molecule is C=CC(OCC)c1ncc2nc[nH]c2n1. The number of aromatic amines is 1. The predicted octanol–water partition coefficient (Wildman–Crippen LogP) is 1.62. The van der Waals surface area contributed by atoms with Gasteiger partial charge < -0.3 is 9.72 Å². The molecule has 0 fully saturated rings. The highest BCUT2D eigenvalue weighted by Gasteiger charge is 2.11. The van der Waals surface area contributed by atoms with Crippen LogP contribution in [0, 0.1) is 0 Å². The van der Waals surface area contributed by atoms with Gasteiger partial charge >= 0.3 is 0 Å². The highest BCUT2D eigenvalue weighted by Crippen LogP contribution is 2.15. The third-order valence-electron chi connectivity index (χ3n) is 2.01. The Balaban J connectivity index is 2.37. The second-order valence-electron chi connectivity index (χ2n) is 2.98. The maximum atomic E-state index is 5.43. The molecule has 0 amide bonds. The number of imidazole rings is 1. The summed E-state index contributed by atoms with van der Waals surface area (Å²) in [7, 11) is 0. The van der Waals surface area contributed by atoms with Crippen molar-refractivity contribution in [3.8, 4) is 0 Å². The Labute approximate surface area is 87.2 Å². The molecule has 0 aromatic carbocycles. The fourth-order valence-corrected chi connectivity index (χ4v) is 1.32. The Morgan fingerprint density at radius 2 is 2.47 bits per heavy atom. The molecule has 1 N–H and O–H groups in total.